The monoisotopic (exact) mass is 467 g/mol. The Hall–Kier alpha value is -1.86. The fourth-order valence-electron chi connectivity index (χ4n) is 3.15. The number of aromatic nitrogens is 1. The molecule has 0 aliphatic heterocycles. The van der Waals surface area contributed by atoms with Gasteiger partial charge in [-0.1, -0.05) is 46.7 Å². The number of hydrogen-bond donors (Lipinski definition) is 0. The van der Waals surface area contributed by atoms with Gasteiger partial charge in [0.25, 0.3) is 0 Å². The number of likely N-dealkylation sites (N-methyl/N-ethyl adjacent to an activating group) is 1. The van der Waals surface area contributed by atoms with Crippen molar-refractivity contribution in [2.24, 2.45) is 0 Å². The first-order valence-electron chi connectivity index (χ1n) is 9.44. The Morgan fingerprint density at radius 1 is 1.17 bits per heavy atom. The van der Waals surface area contributed by atoms with E-state index in [4.69, 9.17) is 21.3 Å². The first-order valence-corrected chi connectivity index (χ1v) is 10.6. The smallest absolute Gasteiger partial charge is 0.233 e. The van der Waals surface area contributed by atoms with Crippen LogP contribution in [0.5, 0.6) is 5.75 Å². The fraction of sp³-hybridized carbons (Fsp3) is 0.364. The summed E-state index contributed by atoms with van der Waals surface area (Å²) in [4.78, 5) is 21.8. The molecule has 0 saturated heterocycles. The van der Waals surface area contributed by atoms with Crippen molar-refractivity contribution in [3.63, 3.8) is 0 Å². The number of benzene rings is 2. The number of hydrogen-bond acceptors (Lipinski definition) is 5. The summed E-state index contributed by atoms with van der Waals surface area (Å²) in [6, 6.07) is 9.78. The molecule has 0 radical (unpaired) electrons. The Labute approximate surface area is 193 Å². The van der Waals surface area contributed by atoms with Gasteiger partial charge in [-0.25, -0.2) is 4.98 Å². The maximum atomic E-state index is 13.3. The number of anilines is 1. The SMILES string of the molecule is COc1ccc(Cl)c2sc(N(CCN(C)C)C(=O)Cc3ccc(C)cc3C)nc12.Cl. The van der Waals surface area contributed by atoms with E-state index >= 15 is 0 Å². The lowest BCUT2D eigenvalue weighted by Gasteiger charge is -2.22. The van der Waals surface area contributed by atoms with E-state index in [-0.39, 0.29) is 18.3 Å². The van der Waals surface area contributed by atoms with Crippen molar-refractivity contribution < 1.29 is 9.53 Å². The number of carbonyl (C=O) groups is 1. The third-order valence-electron chi connectivity index (χ3n) is 4.81. The van der Waals surface area contributed by atoms with E-state index in [0.29, 0.717) is 34.4 Å². The Balaban J connectivity index is 0.00000320. The van der Waals surface area contributed by atoms with E-state index in [1.54, 1.807) is 24.1 Å². The lowest BCUT2D eigenvalue weighted by atomic mass is 10.0. The summed E-state index contributed by atoms with van der Waals surface area (Å²) in [5.74, 6) is 0.675. The van der Waals surface area contributed by atoms with Gasteiger partial charge < -0.3 is 9.64 Å². The number of fused-ring (bicyclic) bond motifs is 1. The lowest BCUT2D eigenvalue weighted by Crippen LogP contribution is -2.37. The highest BCUT2D eigenvalue weighted by atomic mass is 35.5. The summed E-state index contributed by atoms with van der Waals surface area (Å²) in [6.07, 6.45) is 0.334. The van der Waals surface area contributed by atoms with Crippen LogP contribution in [0.1, 0.15) is 16.7 Å². The van der Waals surface area contributed by atoms with Crippen molar-refractivity contribution in [1.82, 2.24) is 9.88 Å². The highest BCUT2D eigenvalue weighted by Crippen LogP contribution is 2.38. The number of amides is 1. The molecule has 3 rings (SSSR count). The third kappa shape index (κ3) is 5.43. The number of thiazole rings is 1. The summed E-state index contributed by atoms with van der Waals surface area (Å²) in [5, 5.41) is 1.25. The van der Waals surface area contributed by atoms with Gasteiger partial charge >= 0.3 is 0 Å². The second-order valence-electron chi connectivity index (χ2n) is 7.38. The second kappa shape index (κ2) is 10.4. The minimum absolute atomic E-state index is 0. The van der Waals surface area contributed by atoms with Gasteiger partial charge in [-0.2, -0.15) is 0 Å². The molecule has 1 amide bonds. The number of carbonyl (C=O) groups excluding carboxylic acids is 1. The van der Waals surface area contributed by atoms with Gasteiger partial charge in [0.2, 0.25) is 5.91 Å². The highest BCUT2D eigenvalue weighted by Gasteiger charge is 2.22. The van der Waals surface area contributed by atoms with Crippen LogP contribution in [0.2, 0.25) is 5.02 Å². The molecule has 0 bridgehead atoms. The maximum absolute atomic E-state index is 13.3. The number of aryl methyl sites for hydroxylation is 2. The van der Waals surface area contributed by atoms with Crippen LogP contribution in [0.25, 0.3) is 10.2 Å². The van der Waals surface area contributed by atoms with Crippen LogP contribution in [0.4, 0.5) is 5.13 Å². The minimum atomic E-state index is 0. The molecule has 1 aromatic heterocycles. The predicted octanol–water partition coefficient (Wildman–Crippen LogP) is 5.13. The summed E-state index contributed by atoms with van der Waals surface area (Å²) in [6.45, 7) is 5.39. The van der Waals surface area contributed by atoms with Crippen LogP contribution >= 0.6 is 35.3 Å². The largest absolute Gasteiger partial charge is 0.494 e. The van der Waals surface area contributed by atoms with Gasteiger partial charge in [-0.05, 0) is 51.2 Å². The van der Waals surface area contributed by atoms with Crippen molar-refractivity contribution in [2.75, 3.05) is 39.2 Å². The van der Waals surface area contributed by atoms with E-state index in [1.807, 2.05) is 33.2 Å². The molecule has 30 heavy (non-hydrogen) atoms. The van der Waals surface area contributed by atoms with Gasteiger partial charge in [0.1, 0.15) is 11.3 Å². The Morgan fingerprint density at radius 3 is 2.53 bits per heavy atom. The molecular formula is C22H27Cl2N3O2S. The Morgan fingerprint density at radius 2 is 1.90 bits per heavy atom. The molecule has 0 unspecified atom stereocenters. The molecule has 0 aliphatic carbocycles. The molecule has 162 valence electrons. The number of halogens is 2. The number of rotatable bonds is 7. The molecule has 2 aromatic carbocycles. The summed E-state index contributed by atoms with van der Waals surface area (Å²) >= 11 is 7.80. The molecule has 0 saturated carbocycles. The molecule has 0 aliphatic rings. The molecule has 0 N–H and O–H groups in total. The van der Waals surface area contributed by atoms with E-state index in [0.717, 1.165) is 22.4 Å². The van der Waals surface area contributed by atoms with Crippen LogP contribution in [0.15, 0.2) is 30.3 Å². The van der Waals surface area contributed by atoms with Crippen molar-refractivity contribution >= 4 is 56.6 Å². The van der Waals surface area contributed by atoms with Crippen LogP contribution in [0.3, 0.4) is 0 Å². The summed E-state index contributed by atoms with van der Waals surface area (Å²) in [5.41, 5.74) is 4.04. The molecular weight excluding hydrogens is 441 g/mol. The lowest BCUT2D eigenvalue weighted by molar-refractivity contribution is -0.118. The molecule has 0 atom stereocenters. The highest BCUT2D eigenvalue weighted by molar-refractivity contribution is 7.23. The van der Waals surface area contributed by atoms with Gasteiger partial charge in [-0.15, -0.1) is 12.4 Å². The Kier molecular flexibility index (Phi) is 8.50. The van der Waals surface area contributed by atoms with Crippen LogP contribution in [0, 0.1) is 13.8 Å². The zero-order valence-corrected chi connectivity index (χ0v) is 20.2. The first kappa shape index (κ1) is 24.4. The molecule has 5 nitrogen and oxygen atoms in total. The van der Waals surface area contributed by atoms with Crippen molar-refractivity contribution in [3.8, 4) is 5.75 Å². The molecule has 0 fully saturated rings. The minimum Gasteiger partial charge on any atom is -0.494 e. The molecule has 3 aromatic rings. The zero-order valence-electron chi connectivity index (χ0n) is 17.9. The van der Waals surface area contributed by atoms with E-state index in [9.17, 15) is 4.79 Å². The quantitative estimate of drug-likeness (QED) is 0.482. The zero-order chi connectivity index (χ0) is 21.1. The van der Waals surface area contributed by atoms with E-state index in [1.165, 1.54) is 16.9 Å². The molecule has 0 spiro atoms. The van der Waals surface area contributed by atoms with Crippen molar-refractivity contribution in [2.45, 2.75) is 20.3 Å². The van der Waals surface area contributed by atoms with Gasteiger partial charge in [0.05, 0.1) is 23.3 Å². The van der Waals surface area contributed by atoms with Crippen LogP contribution in [-0.4, -0.2) is 50.1 Å². The van der Waals surface area contributed by atoms with Gasteiger partial charge in [-0.3, -0.25) is 9.69 Å². The standard InChI is InChI=1S/C22H26ClN3O2S.ClH/c1-14-6-7-16(15(2)12-14)13-19(27)26(11-10-25(3)4)22-24-20-18(28-5)9-8-17(23)21(20)29-22;/h6-9,12H,10-11,13H2,1-5H3;1H. The second-order valence-corrected chi connectivity index (χ2v) is 8.76. The molecule has 1 heterocycles. The van der Waals surface area contributed by atoms with E-state index in [2.05, 4.69) is 17.9 Å². The van der Waals surface area contributed by atoms with Gasteiger partial charge in [0.15, 0.2) is 5.13 Å². The Bertz CT molecular complexity index is 1040. The number of methoxy groups -OCH3 is 1. The normalized spacial score (nSPS) is 10.9. The van der Waals surface area contributed by atoms with Crippen LogP contribution < -0.4 is 9.64 Å². The summed E-state index contributed by atoms with van der Waals surface area (Å²) in [7, 11) is 5.59. The van der Waals surface area contributed by atoms with Crippen molar-refractivity contribution in [1.29, 1.82) is 0 Å². The summed E-state index contributed by atoms with van der Waals surface area (Å²) < 4.78 is 6.26. The number of ether oxygens (including phenoxy) is 1. The van der Waals surface area contributed by atoms with E-state index < -0.39 is 0 Å². The van der Waals surface area contributed by atoms with Crippen molar-refractivity contribution in [3.05, 3.63) is 52.0 Å². The predicted molar refractivity (Wildman–Crippen MR) is 129 cm³/mol. The van der Waals surface area contributed by atoms with Gasteiger partial charge in [0, 0.05) is 13.1 Å². The molecule has 8 heteroatoms. The fourth-order valence-corrected chi connectivity index (χ4v) is 4.45. The average Bonchev–Trinajstić information content (AvgIpc) is 3.10. The number of nitrogens with zero attached hydrogens (tertiary/aromatic N) is 3. The first-order chi connectivity index (χ1) is 13.8. The van der Waals surface area contributed by atoms with Crippen LogP contribution in [-0.2, 0) is 11.2 Å². The third-order valence-corrected chi connectivity index (χ3v) is 6.35. The maximum Gasteiger partial charge on any atom is 0.233 e. The average molecular weight is 468 g/mol. The topological polar surface area (TPSA) is 45.7 Å².